The van der Waals surface area contributed by atoms with E-state index in [9.17, 15) is 4.39 Å². The normalized spacial score (nSPS) is 10.9. The molecule has 118 valence electrons. The Bertz CT molecular complexity index is 997. The zero-order chi connectivity index (χ0) is 16.5. The highest BCUT2D eigenvalue weighted by molar-refractivity contribution is 14.1. The molecule has 2 heterocycles. The van der Waals surface area contributed by atoms with Gasteiger partial charge in [-0.25, -0.2) is 14.4 Å². The minimum absolute atomic E-state index is 0.244. The van der Waals surface area contributed by atoms with Crippen LogP contribution in [0.4, 0.5) is 15.9 Å². The first-order chi connectivity index (χ1) is 11.7. The maximum Gasteiger partial charge on any atom is 0.143 e. The summed E-state index contributed by atoms with van der Waals surface area (Å²) in [5.41, 5.74) is 2.92. The molecule has 0 fully saturated rings. The summed E-state index contributed by atoms with van der Waals surface area (Å²) in [6.07, 6.45) is 1.56. The average Bonchev–Trinajstić information content (AvgIpc) is 3.03. The van der Waals surface area contributed by atoms with Crippen LogP contribution in [-0.2, 0) is 0 Å². The molecule has 0 unspecified atom stereocenters. The van der Waals surface area contributed by atoms with Gasteiger partial charge in [0.05, 0.1) is 5.39 Å². The zero-order valence-electron chi connectivity index (χ0n) is 12.3. The van der Waals surface area contributed by atoms with Gasteiger partial charge in [-0.3, -0.25) is 0 Å². The van der Waals surface area contributed by atoms with Crippen molar-refractivity contribution in [3.05, 3.63) is 69.6 Å². The summed E-state index contributed by atoms with van der Waals surface area (Å²) in [4.78, 5) is 9.66. The monoisotopic (exact) mass is 447 g/mol. The Hall–Kier alpha value is -2.06. The number of halogens is 2. The number of nitrogens with zero attached hydrogens (tertiary/aromatic N) is 2. The van der Waals surface area contributed by atoms with Crippen LogP contribution in [0, 0.1) is 9.39 Å². The molecule has 4 aromatic rings. The molecule has 1 N–H and O–H groups in total. The lowest BCUT2D eigenvalue weighted by atomic mass is 10.1. The van der Waals surface area contributed by atoms with Crippen LogP contribution in [0.2, 0.25) is 0 Å². The first kappa shape index (κ1) is 15.5. The van der Waals surface area contributed by atoms with E-state index in [1.807, 2.05) is 29.6 Å². The number of nitrogens with one attached hydrogen (secondary N) is 1. The van der Waals surface area contributed by atoms with E-state index in [1.54, 1.807) is 29.8 Å². The first-order valence-electron chi connectivity index (χ1n) is 7.21. The van der Waals surface area contributed by atoms with Gasteiger partial charge in [0.1, 0.15) is 22.8 Å². The van der Waals surface area contributed by atoms with Gasteiger partial charge in [0.15, 0.2) is 0 Å². The van der Waals surface area contributed by atoms with E-state index in [-0.39, 0.29) is 5.82 Å². The third-order valence-electron chi connectivity index (χ3n) is 3.63. The quantitative estimate of drug-likeness (QED) is 0.401. The third kappa shape index (κ3) is 2.99. The van der Waals surface area contributed by atoms with Gasteiger partial charge in [-0.15, -0.1) is 11.3 Å². The van der Waals surface area contributed by atoms with Crippen LogP contribution < -0.4 is 5.32 Å². The van der Waals surface area contributed by atoms with Gasteiger partial charge in [0.2, 0.25) is 0 Å². The molecule has 6 heteroatoms. The molecule has 24 heavy (non-hydrogen) atoms. The summed E-state index contributed by atoms with van der Waals surface area (Å²) in [6.45, 7) is 0. The molecule has 2 aromatic carbocycles. The van der Waals surface area contributed by atoms with E-state index in [0.717, 1.165) is 32.8 Å². The van der Waals surface area contributed by atoms with Gasteiger partial charge in [-0.2, -0.15) is 0 Å². The number of aromatic nitrogens is 2. The van der Waals surface area contributed by atoms with Crippen LogP contribution in [0.25, 0.3) is 21.3 Å². The SMILES string of the molecule is Fc1ccc(-c2csc3ncnc(Nc4ccc(I)cc4)c23)cc1. The number of thiophene rings is 1. The number of hydrogen-bond donors (Lipinski definition) is 1. The van der Waals surface area contributed by atoms with Crippen LogP contribution >= 0.6 is 33.9 Å². The average molecular weight is 447 g/mol. The van der Waals surface area contributed by atoms with E-state index in [1.165, 1.54) is 15.7 Å². The van der Waals surface area contributed by atoms with Crippen molar-refractivity contribution < 1.29 is 4.39 Å². The maximum absolute atomic E-state index is 13.2. The van der Waals surface area contributed by atoms with Crippen LogP contribution in [0.5, 0.6) is 0 Å². The fourth-order valence-electron chi connectivity index (χ4n) is 2.48. The second kappa shape index (κ2) is 6.45. The molecule has 0 aliphatic carbocycles. The number of fused-ring (bicyclic) bond motifs is 1. The standard InChI is InChI=1S/C18H11FIN3S/c19-12-3-1-11(2-4-12)15-9-24-18-16(15)17(21-10-22-18)23-14-7-5-13(20)6-8-14/h1-10H,(H,21,22,23). The number of anilines is 2. The lowest BCUT2D eigenvalue weighted by Gasteiger charge is -2.08. The van der Waals surface area contributed by atoms with Crippen LogP contribution in [-0.4, -0.2) is 9.97 Å². The molecule has 0 atom stereocenters. The molecule has 3 nitrogen and oxygen atoms in total. The summed E-state index contributed by atoms with van der Waals surface area (Å²) in [5.74, 6) is 0.508. The predicted molar refractivity (Wildman–Crippen MR) is 105 cm³/mol. The topological polar surface area (TPSA) is 37.8 Å². The largest absolute Gasteiger partial charge is 0.340 e. The van der Waals surface area contributed by atoms with Gasteiger partial charge in [-0.1, -0.05) is 12.1 Å². The summed E-state index contributed by atoms with van der Waals surface area (Å²) in [6, 6.07) is 14.6. The molecule has 0 aliphatic rings. The Balaban J connectivity index is 1.82. The predicted octanol–water partition coefficient (Wildman–Crippen LogP) is 5.85. The fraction of sp³-hybridized carbons (Fsp3) is 0. The van der Waals surface area contributed by atoms with Crippen molar-refractivity contribution in [1.29, 1.82) is 0 Å². The molecule has 0 saturated carbocycles. The summed E-state index contributed by atoms with van der Waals surface area (Å²) < 4.78 is 14.4. The summed E-state index contributed by atoms with van der Waals surface area (Å²) >= 11 is 3.83. The van der Waals surface area contributed by atoms with Crippen molar-refractivity contribution >= 4 is 55.6 Å². The Labute approximate surface area is 155 Å². The van der Waals surface area contributed by atoms with Crippen molar-refractivity contribution in [2.45, 2.75) is 0 Å². The van der Waals surface area contributed by atoms with E-state index < -0.39 is 0 Å². The van der Waals surface area contributed by atoms with E-state index in [0.29, 0.717) is 0 Å². The minimum atomic E-state index is -0.244. The van der Waals surface area contributed by atoms with E-state index >= 15 is 0 Å². The van der Waals surface area contributed by atoms with Crippen molar-refractivity contribution in [3.8, 4) is 11.1 Å². The molecule has 2 aromatic heterocycles. The number of hydrogen-bond acceptors (Lipinski definition) is 4. The van der Waals surface area contributed by atoms with Gasteiger partial charge in [-0.05, 0) is 64.6 Å². The summed E-state index contributed by atoms with van der Waals surface area (Å²) in [5, 5.41) is 6.34. The maximum atomic E-state index is 13.2. The first-order valence-corrected chi connectivity index (χ1v) is 9.17. The lowest BCUT2D eigenvalue weighted by molar-refractivity contribution is 0.628. The van der Waals surface area contributed by atoms with E-state index in [4.69, 9.17) is 0 Å². The second-order valence-corrected chi connectivity index (χ2v) is 7.29. The Morgan fingerprint density at radius 2 is 1.71 bits per heavy atom. The van der Waals surface area contributed by atoms with Crippen LogP contribution in [0.1, 0.15) is 0 Å². The summed E-state index contributed by atoms with van der Waals surface area (Å²) in [7, 11) is 0. The highest BCUT2D eigenvalue weighted by atomic mass is 127. The highest BCUT2D eigenvalue weighted by Gasteiger charge is 2.13. The van der Waals surface area contributed by atoms with Crippen LogP contribution in [0.15, 0.2) is 60.2 Å². The second-order valence-electron chi connectivity index (χ2n) is 5.19. The Kier molecular flexibility index (Phi) is 4.15. The zero-order valence-corrected chi connectivity index (χ0v) is 15.3. The van der Waals surface area contributed by atoms with Crippen molar-refractivity contribution in [1.82, 2.24) is 9.97 Å². The molecular formula is C18H11FIN3S. The Morgan fingerprint density at radius 3 is 2.46 bits per heavy atom. The molecule has 0 bridgehead atoms. The van der Waals surface area contributed by atoms with Crippen molar-refractivity contribution in [2.24, 2.45) is 0 Å². The molecule has 4 rings (SSSR count). The highest BCUT2D eigenvalue weighted by Crippen LogP contribution is 2.37. The molecule has 0 saturated heterocycles. The molecule has 0 radical (unpaired) electrons. The van der Waals surface area contributed by atoms with Gasteiger partial charge in [0.25, 0.3) is 0 Å². The molecule has 0 spiro atoms. The molecule has 0 amide bonds. The Morgan fingerprint density at radius 1 is 0.958 bits per heavy atom. The smallest absolute Gasteiger partial charge is 0.143 e. The van der Waals surface area contributed by atoms with Gasteiger partial charge < -0.3 is 5.32 Å². The van der Waals surface area contributed by atoms with Gasteiger partial charge >= 0.3 is 0 Å². The van der Waals surface area contributed by atoms with Crippen molar-refractivity contribution in [3.63, 3.8) is 0 Å². The third-order valence-corrected chi connectivity index (χ3v) is 5.24. The van der Waals surface area contributed by atoms with Crippen molar-refractivity contribution in [2.75, 3.05) is 5.32 Å². The number of benzene rings is 2. The molecule has 0 aliphatic heterocycles. The van der Waals surface area contributed by atoms with E-state index in [2.05, 4.69) is 37.9 Å². The van der Waals surface area contributed by atoms with Gasteiger partial charge in [0, 0.05) is 20.2 Å². The molecular weight excluding hydrogens is 436 g/mol. The van der Waals surface area contributed by atoms with Crippen LogP contribution in [0.3, 0.4) is 0 Å². The fourth-order valence-corrected chi connectivity index (χ4v) is 3.76. The number of rotatable bonds is 3. The lowest BCUT2D eigenvalue weighted by Crippen LogP contribution is -1.95. The minimum Gasteiger partial charge on any atom is -0.340 e.